The second kappa shape index (κ2) is 7.23. The number of anilines is 1. The number of fused-ring (bicyclic) bond motifs is 2. The van der Waals surface area contributed by atoms with E-state index >= 15 is 0 Å². The fraction of sp³-hybridized carbons (Fsp3) is 0.565. The van der Waals surface area contributed by atoms with Crippen LogP contribution in [0.5, 0.6) is 0 Å². The van der Waals surface area contributed by atoms with Gasteiger partial charge in [-0.2, -0.15) is 5.26 Å². The van der Waals surface area contributed by atoms with Crippen LogP contribution >= 0.6 is 0 Å². The Morgan fingerprint density at radius 2 is 2.03 bits per heavy atom. The molecule has 7 heteroatoms. The van der Waals surface area contributed by atoms with Crippen molar-refractivity contribution < 1.29 is 0 Å². The topological polar surface area (TPSA) is 72.4 Å². The normalized spacial score (nSPS) is 32.5. The van der Waals surface area contributed by atoms with Gasteiger partial charge in [-0.3, -0.25) is 14.8 Å². The smallest absolute Gasteiger partial charge is 0.163 e. The van der Waals surface area contributed by atoms with Crippen molar-refractivity contribution in [3.63, 3.8) is 0 Å². The van der Waals surface area contributed by atoms with Crippen molar-refractivity contribution >= 4 is 30.0 Å². The van der Waals surface area contributed by atoms with Crippen molar-refractivity contribution in [1.29, 1.82) is 5.26 Å². The van der Waals surface area contributed by atoms with E-state index in [4.69, 9.17) is 5.73 Å². The van der Waals surface area contributed by atoms with Gasteiger partial charge in [0.25, 0.3) is 0 Å². The molecule has 1 aromatic heterocycles. The molecule has 2 N–H and O–H groups in total. The van der Waals surface area contributed by atoms with Crippen LogP contribution in [0.1, 0.15) is 32.3 Å². The highest BCUT2D eigenvalue weighted by molar-refractivity contribution is 6.31. The molecule has 3 aliphatic rings. The van der Waals surface area contributed by atoms with Gasteiger partial charge in [-0.05, 0) is 50.5 Å². The van der Waals surface area contributed by atoms with Crippen LogP contribution in [0, 0.1) is 11.3 Å². The molecule has 0 spiro atoms. The Balaban J connectivity index is 1.41. The molecule has 30 heavy (non-hydrogen) atoms. The zero-order chi connectivity index (χ0) is 21.0. The van der Waals surface area contributed by atoms with E-state index in [0.29, 0.717) is 23.7 Å². The van der Waals surface area contributed by atoms with Crippen molar-refractivity contribution in [3.8, 4) is 6.07 Å². The van der Waals surface area contributed by atoms with Gasteiger partial charge in [0.05, 0.1) is 11.1 Å². The standard InChI is InChI=1S/C23H31BN6/c1-15-11-29(20-5-3-16(10-25)22-19(20)4-6-21(24)27-22)12-18-9-17(13-30(15)18)28-8-7-23(2,26)14-28/h3-6,15,17-18H,7-9,11-14,24,26H2,1-2H3. The quantitative estimate of drug-likeness (QED) is 0.736. The minimum Gasteiger partial charge on any atom is -0.368 e. The van der Waals surface area contributed by atoms with Gasteiger partial charge in [0, 0.05) is 67.5 Å². The first-order chi connectivity index (χ1) is 14.3. The number of pyridine rings is 1. The molecule has 0 radical (unpaired) electrons. The number of rotatable bonds is 2. The summed E-state index contributed by atoms with van der Waals surface area (Å²) in [6.07, 6.45) is 2.31. The molecule has 0 bridgehead atoms. The summed E-state index contributed by atoms with van der Waals surface area (Å²) >= 11 is 0. The molecular weight excluding hydrogens is 371 g/mol. The van der Waals surface area contributed by atoms with Crippen LogP contribution in [0.2, 0.25) is 0 Å². The minimum atomic E-state index is -0.0344. The largest absolute Gasteiger partial charge is 0.368 e. The molecule has 0 aliphatic carbocycles. The molecule has 0 amide bonds. The monoisotopic (exact) mass is 402 g/mol. The van der Waals surface area contributed by atoms with Crippen LogP contribution in [0.15, 0.2) is 24.3 Å². The molecule has 0 saturated carbocycles. The maximum Gasteiger partial charge on any atom is 0.163 e. The van der Waals surface area contributed by atoms with E-state index < -0.39 is 0 Å². The van der Waals surface area contributed by atoms with Gasteiger partial charge in [-0.15, -0.1) is 0 Å². The third kappa shape index (κ3) is 3.37. The lowest BCUT2D eigenvalue weighted by Gasteiger charge is -2.43. The predicted molar refractivity (Wildman–Crippen MR) is 124 cm³/mol. The SMILES string of the molecule is Bc1ccc2c(N3CC(C)N4CC(N5CCC(C)(N)C5)CC4C3)ccc(C#N)c2n1. The van der Waals surface area contributed by atoms with E-state index in [2.05, 4.69) is 57.8 Å². The van der Waals surface area contributed by atoms with Gasteiger partial charge < -0.3 is 10.6 Å². The van der Waals surface area contributed by atoms with Crippen LogP contribution in [0.3, 0.4) is 0 Å². The van der Waals surface area contributed by atoms with Gasteiger partial charge in [-0.25, -0.2) is 0 Å². The summed E-state index contributed by atoms with van der Waals surface area (Å²) in [5.41, 5.74) is 10.0. The lowest BCUT2D eigenvalue weighted by Crippen LogP contribution is -2.55. The molecule has 5 rings (SSSR count). The Labute approximate surface area is 180 Å². The molecule has 4 atom stereocenters. The summed E-state index contributed by atoms with van der Waals surface area (Å²) in [5.74, 6) is 0. The van der Waals surface area contributed by atoms with Crippen molar-refractivity contribution in [2.24, 2.45) is 5.73 Å². The number of hydrogen-bond acceptors (Lipinski definition) is 6. The molecule has 2 aromatic rings. The van der Waals surface area contributed by atoms with E-state index in [1.165, 1.54) is 12.1 Å². The summed E-state index contributed by atoms with van der Waals surface area (Å²) in [6, 6.07) is 12.2. The predicted octanol–water partition coefficient (Wildman–Crippen LogP) is 0.439. The highest BCUT2D eigenvalue weighted by Crippen LogP contribution is 2.35. The van der Waals surface area contributed by atoms with E-state index in [9.17, 15) is 5.26 Å². The highest BCUT2D eigenvalue weighted by atomic mass is 15.4. The number of nitrogens with zero attached hydrogens (tertiary/aromatic N) is 5. The maximum absolute atomic E-state index is 9.54. The molecule has 1 aromatic carbocycles. The van der Waals surface area contributed by atoms with Gasteiger partial charge in [-0.1, -0.05) is 6.07 Å². The average molecular weight is 402 g/mol. The summed E-state index contributed by atoms with van der Waals surface area (Å²) in [6.45, 7) is 9.88. The molecule has 3 saturated heterocycles. The maximum atomic E-state index is 9.54. The number of piperazine rings is 1. The van der Waals surface area contributed by atoms with E-state index in [0.717, 1.165) is 55.6 Å². The molecule has 156 valence electrons. The summed E-state index contributed by atoms with van der Waals surface area (Å²) < 4.78 is 0. The Bertz CT molecular complexity index is 1010. The number of nitrogens with two attached hydrogens (primary N) is 1. The first kappa shape index (κ1) is 19.8. The number of benzene rings is 1. The summed E-state index contributed by atoms with van der Waals surface area (Å²) in [5, 5.41) is 10.6. The summed E-state index contributed by atoms with van der Waals surface area (Å²) in [7, 11) is 1.98. The molecular formula is C23H31BN6. The second-order valence-corrected chi connectivity index (χ2v) is 9.96. The summed E-state index contributed by atoms with van der Waals surface area (Å²) in [4.78, 5) is 12.5. The Morgan fingerprint density at radius 3 is 2.77 bits per heavy atom. The number of likely N-dealkylation sites (tertiary alicyclic amines) is 1. The van der Waals surface area contributed by atoms with Crippen LogP contribution < -0.4 is 16.2 Å². The molecule has 3 fully saturated rings. The lowest BCUT2D eigenvalue weighted by molar-refractivity contribution is 0.156. The fourth-order valence-electron chi connectivity index (χ4n) is 5.85. The number of nitriles is 1. The third-order valence-electron chi connectivity index (χ3n) is 7.40. The Hall–Kier alpha value is -2.14. The van der Waals surface area contributed by atoms with Gasteiger partial charge in [0.15, 0.2) is 7.85 Å². The van der Waals surface area contributed by atoms with Crippen molar-refractivity contribution in [3.05, 3.63) is 29.8 Å². The first-order valence-electron chi connectivity index (χ1n) is 11.2. The van der Waals surface area contributed by atoms with E-state index in [1.807, 2.05) is 13.9 Å². The average Bonchev–Trinajstić information content (AvgIpc) is 3.30. The van der Waals surface area contributed by atoms with E-state index in [-0.39, 0.29) is 5.54 Å². The third-order valence-corrected chi connectivity index (χ3v) is 7.40. The Kier molecular flexibility index (Phi) is 4.77. The molecule has 4 unspecified atom stereocenters. The first-order valence-corrected chi connectivity index (χ1v) is 11.2. The number of aromatic nitrogens is 1. The van der Waals surface area contributed by atoms with Crippen LogP contribution in [-0.2, 0) is 0 Å². The number of hydrogen-bond donors (Lipinski definition) is 1. The van der Waals surface area contributed by atoms with Gasteiger partial charge in [0.1, 0.15) is 6.07 Å². The van der Waals surface area contributed by atoms with Crippen LogP contribution in [0.4, 0.5) is 5.69 Å². The molecule has 6 nitrogen and oxygen atoms in total. The minimum absolute atomic E-state index is 0.0344. The van der Waals surface area contributed by atoms with Gasteiger partial charge >= 0.3 is 0 Å². The van der Waals surface area contributed by atoms with Crippen LogP contribution in [-0.4, -0.2) is 79.0 Å². The zero-order valence-electron chi connectivity index (χ0n) is 18.3. The molecule has 4 heterocycles. The Morgan fingerprint density at radius 1 is 1.20 bits per heavy atom. The lowest BCUT2D eigenvalue weighted by atomic mass is 9.99. The van der Waals surface area contributed by atoms with E-state index in [1.54, 1.807) is 0 Å². The van der Waals surface area contributed by atoms with Gasteiger partial charge in [0.2, 0.25) is 0 Å². The van der Waals surface area contributed by atoms with Crippen LogP contribution in [0.25, 0.3) is 10.9 Å². The van der Waals surface area contributed by atoms with Crippen molar-refractivity contribution in [1.82, 2.24) is 14.8 Å². The fourth-order valence-corrected chi connectivity index (χ4v) is 5.85. The zero-order valence-corrected chi connectivity index (χ0v) is 18.3. The second-order valence-electron chi connectivity index (χ2n) is 9.96. The molecule has 3 aliphatic heterocycles. The highest BCUT2D eigenvalue weighted by Gasteiger charge is 2.44. The van der Waals surface area contributed by atoms with Crippen molar-refractivity contribution in [2.75, 3.05) is 37.6 Å². The van der Waals surface area contributed by atoms with Crippen molar-refractivity contribution in [2.45, 2.75) is 50.4 Å².